The van der Waals surface area contributed by atoms with Gasteiger partial charge in [-0.15, -0.1) is 11.3 Å². The number of fused-ring (bicyclic) bond motifs is 1. The Kier molecular flexibility index (Phi) is 4.95. The van der Waals surface area contributed by atoms with E-state index in [2.05, 4.69) is 5.32 Å². The smallest absolute Gasteiger partial charge is 0.337 e. The minimum absolute atomic E-state index is 0.190. The van der Waals surface area contributed by atoms with Gasteiger partial charge in [0, 0.05) is 12.2 Å². The summed E-state index contributed by atoms with van der Waals surface area (Å²) in [6.07, 6.45) is 0. The number of carbonyl (C=O) groups is 2. The molecule has 0 saturated heterocycles. The van der Waals surface area contributed by atoms with Gasteiger partial charge >= 0.3 is 5.97 Å². The van der Waals surface area contributed by atoms with Crippen LogP contribution in [0.15, 0.2) is 72.1 Å². The summed E-state index contributed by atoms with van der Waals surface area (Å²) >= 11 is 1.61. The Hall–Kier alpha value is -3.38. The largest absolute Gasteiger partial charge is 0.465 e. The number of benzene rings is 2. The van der Waals surface area contributed by atoms with Crippen LogP contribution in [0.5, 0.6) is 0 Å². The molecule has 28 heavy (non-hydrogen) atoms. The number of anilines is 1. The Labute approximate surface area is 166 Å². The third kappa shape index (κ3) is 3.54. The summed E-state index contributed by atoms with van der Waals surface area (Å²) in [5.41, 5.74) is 3.83. The zero-order chi connectivity index (χ0) is 19.5. The van der Waals surface area contributed by atoms with Crippen LogP contribution in [0.3, 0.4) is 0 Å². The molecule has 0 aliphatic rings. The molecule has 6 heteroatoms. The third-order valence-corrected chi connectivity index (χ3v) is 5.36. The first-order valence-corrected chi connectivity index (χ1v) is 9.64. The molecule has 2 aromatic heterocycles. The summed E-state index contributed by atoms with van der Waals surface area (Å²) in [5, 5.41) is 4.94. The summed E-state index contributed by atoms with van der Waals surface area (Å²) in [4.78, 5) is 24.5. The molecule has 0 radical (unpaired) electrons. The number of ether oxygens (including phenoxy) is 1. The molecule has 0 bridgehead atoms. The van der Waals surface area contributed by atoms with E-state index in [0.29, 0.717) is 23.5 Å². The highest BCUT2D eigenvalue weighted by atomic mass is 32.1. The lowest BCUT2D eigenvalue weighted by Crippen LogP contribution is -2.17. The summed E-state index contributed by atoms with van der Waals surface area (Å²) < 4.78 is 7.79. The van der Waals surface area contributed by atoms with Crippen LogP contribution < -0.4 is 5.32 Å². The van der Waals surface area contributed by atoms with Gasteiger partial charge in [-0.1, -0.05) is 30.3 Å². The van der Waals surface area contributed by atoms with Crippen LogP contribution in [-0.2, 0) is 11.3 Å². The van der Waals surface area contributed by atoms with Crippen molar-refractivity contribution in [2.45, 2.75) is 6.54 Å². The Morgan fingerprint density at radius 2 is 1.79 bits per heavy atom. The van der Waals surface area contributed by atoms with Crippen LogP contribution in [0.4, 0.5) is 5.69 Å². The molecule has 2 heterocycles. The van der Waals surface area contributed by atoms with Gasteiger partial charge in [-0.2, -0.15) is 0 Å². The molecule has 140 valence electrons. The predicted octanol–water partition coefficient (Wildman–Crippen LogP) is 4.79. The molecule has 0 aliphatic heterocycles. The van der Waals surface area contributed by atoms with E-state index < -0.39 is 5.97 Å². The van der Waals surface area contributed by atoms with Gasteiger partial charge < -0.3 is 14.6 Å². The molecule has 4 aromatic rings. The minimum Gasteiger partial charge on any atom is -0.465 e. The number of aromatic nitrogens is 1. The second-order valence-corrected chi connectivity index (χ2v) is 7.24. The summed E-state index contributed by atoms with van der Waals surface area (Å²) in [6.45, 7) is 0.616. The van der Waals surface area contributed by atoms with Gasteiger partial charge in [0.05, 0.1) is 22.9 Å². The highest BCUT2D eigenvalue weighted by Crippen LogP contribution is 2.27. The van der Waals surface area contributed by atoms with Gasteiger partial charge in [0.2, 0.25) is 0 Å². The number of carbonyl (C=O) groups excluding carboxylic acids is 2. The molecule has 0 atom stereocenters. The molecule has 2 aromatic carbocycles. The lowest BCUT2D eigenvalue weighted by atomic mass is 10.2. The Morgan fingerprint density at radius 3 is 2.50 bits per heavy atom. The van der Waals surface area contributed by atoms with Crippen molar-refractivity contribution in [3.8, 4) is 0 Å². The third-order valence-electron chi connectivity index (χ3n) is 4.50. The number of rotatable bonds is 5. The SMILES string of the molecule is COC(=O)c1ccc(NC(=O)c2cc3sccc3n2Cc2ccccc2)cc1. The number of methoxy groups -OCH3 is 1. The predicted molar refractivity (Wildman–Crippen MR) is 111 cm³/mol. The highest BCUT2D eigenvalue weighted by Gasteiger charge is 2.17. The number of nitrogens with zero attached hydrogens (tertiary/aromatic N) is 1. The van der Waals surface area contributed by atoms with E-state index in [9.17, 15) is 9.59 Å². The molecule has 0 saturated carbocycles. The second kappa shape index (κ2) is 7.70. The number of thiophene rings is 1. The standard InChI is InChI=1S/C22H18N2O3S/c1-27-22(26)16-7-9-17(10-8-16)23-21(25)19-13-20-18(11-12-28-20)24(19)14-15-5-3-2-4-6-15/h2-13H,14H2,1H3,(H,23,25). The van der Waals surface area contributed by atoms with Gasteiger partial charge in [-0.25, -0.2) is 4.79 Å². The number of nitrogens with one attached hydrogen (secondary N) is 1. The number of hydrogen-bond donors (Lipinski definition) is 1. The zero-order valence-electron chi connectivity index (χ0n) is 15.2. The second-order valence-electron chi connectivity index (χ2n) is 6.29. The first kappa shape index (κ1) is 18.0. The van der Waals surface area contributed by atoms with Crippen molar-refractivity contribution < 1.29 is 14.3 Å². The number of esters is 1. The van der Waals surface area contributed by atoms with E-state index in [1.165, 1.54) is 7.11 Å². The van der Waals surface area contributed by atoms with E-state index in [0.717, 1.165) is 15.8 Å². The molecule has 0 aliphatic carbocycles. The van der Waals surface area contributed by atoms with Crippen LogP contribution in [0.25, 0.3) is 10.2 Å². The maximum atomic E-state index is 12.9. The summed E-state index contributed by atoms with van der Waals surface area (Å²) in [7, 11) is 1.34. The maximum Gasteiger partial charge on any atom is 0.337 e. The summed E-state index contributed by atoms with van der Waals surface area (Å²) in [6, 6.07) is 20.6. The molecule has 0 fully saturated rings. The fraction of sp³-hybridized carbons (Fsp3) is 0.0909. The molecule has 1 N–H and O–H groups in total. The average molecular weight is 390 g/mol. The average Bonchev–Trinajstić information content (AvgIpc) is 3.31. The van der Waals surface area contributed by atoms with Crippen LogP contribution in [0, 0.1) is 0 Å². The van der Waals surface area contributed by atoms with E-state index in [-0.39, 0.29) is 5.91 Å². The molecular weight excluding hydrogens is 372 g/mol. The van der Waals surface area contributed by atoms with Crippen molar-refractivity contribution in [3.05, 3.63) is 88.9 Å². The van der Waals surface area contributed by atoms with Crippen molar-refractivity contribution in [1.29, 1.82) is 0 Å². The number of hydrogen-bond acceptors (Lipinski definition) is 4. The zero-order valence-corrected chi connectivity index (χ0v) is 16.0. The van der Waals surface area contributed by atoms with Gasteiger partial charge in [0.25, 0.3) is 5.91 Å². The van der Waals surface area contributed by atoms with E-state index in [1.54, 1.807) is 35.6 Å². The first-order valence-electron chi connectivity index (χ1n) is 8.76. The van der Waals surface area contributed by atoms with Crippen LogP contribution >= 0.6 is 11.3 Å². The topological polar surface area (TPSA) is 60.3 Å². The fourth-order valence-electron chi connectivity index (χ4n) is 3.10. The van der Waals surface area contributed by atoms with Crippen molar-refractivity contribution in [1.82, 2.24) is 4.57 Å². The quantitative estimate of drug-likeness (QED) is 0.499. The van der Waals surface area contributed by atoms with Crippen LogP contribution in [0.2, 0.25) is 0 Å². The van der Waals surface area contributed by atoms with Gasteiger partial charge in [-0.05, 0) is 47.3 Å². The van der Waals surface area contributed by atoms with Gasteiger partial charge in [0.1, 0.15) is 5.69 Å². The monoisotopic (exact) mass is 390 g/mol. The normalized spacial score (nSPS) is 10.8. The van der Waals surface area contributed by atoms with Crippen molar-refractivity contribution in [3.63, 3.8) is 0 Å². The van der Waals surface area contributed by atoms with E-state index in [4.69, 9.17) is 4.74 Å². The lowest BCUT2D eigenvalue weighted by Gasteiger charge is -2.11. The molecule has 0 unspecified atom stereocenters. The van der Waals surface area contributed by atoms with Gasteiger partial charge in [-0.3, -0.25) is 4.79 Å². The minimum atomic E-state index is -0.408. The maximum absolute atomic E-state index is 12.9. The molecule has 5 nitrogen and oxygen atoms in total. The fourth-order valence-corrected chi connectivity index (χ4v) is 3.93. The number of amides is 1. The lowest BCUT2D eigenvalue weighted by molar-refractivity contribution is 0.0600. The first-order chi connectivity index (χ1) is 13.7. The van der Waals surface area contributed by atoms with E-state index >= 15 is 0 Å². The Bertz CT molecular complexity index is 1130. The Morgan fingerprint density at radius 1 is 1.04 bits per heavy atom. The van der Waals surface area contributed by atoms with Crippen molar-refractivity contribution >= 4 is 39.1 Å². The van der Waals surface area contributed by atoms with E-state index in [1.807, 2.05) is 52.4 Å². The van der Waals surface area contributed by atoms with Crippen LogP contribution in [-0.4, -0.2) is 23.6 Å². The molecule has 4 rings (SSSR count). The highest BCUT2D eigenvalue weighted by molar-refractivity contribution is 7.17. The van der Waals surface area contributed by atoms with Crippen LogP contribution in [0.1, 0.15) is 26.4 Å². The van der Waals surface area contributed by atoms with Crippen molar-refractivity contribution in [2.24, 2.45) is 0 Å². The molecule has 0 spiro atoms. The molecule has 1 amide bonds. The van der Waals surface area contributed by atoms with Gasteiger partial charge in [0.15, 0.2) is 0 Å². The summed E-state index contributed by atoms with van der Waals surface area (Å²) in [5.74, 6) is -0.597. The Balaban J connectivity index is 1.61. The van der Waals surface area contributed by atoms with Crippen molar-refractivity contribution in [2.75, 3.05) is 12.4 Å². The molecular formula is C22H18N2O3S.